The topological polar surface area (TPSA) is 59.2 Å². The number of benzene rings is 2. The van der Waals surface area contributed by atoms with Gasteiger partial charge in [-0.25, -0.2) is 0 Å². The molecule has 3 aromatic rings. The van der Waals surface area contributed by atoms with Crippen LogP contribution in [0.25, 0.3) is 11.4 Å². The van der Waals surface area contributed by atoms with Crippen molar-refractivity contribution in [1.82, 2.24) is 15.0 Å². The molecular weight excluding hydrogens is 350 g/mol. The summed E-state index contributed by atoms with van der Waals surface area (Å²) in [6.07, 6.45) is 2.02. The van der Waals surface area contributed by atoms with E-state index in [0.717, 1.165) is 24.0 Å². The van der Waals surface area contributed by atoms with Crippen LogP contribution < -0.4 is 0 Å². The fourth-order valence-electron chi connectivity index (χ4n) is 3.30. The van der Waals surface area contributed by atoms with Crippen LogP contribution in [-0.2, 0) is 11.2 Å². The summed E-state index contributed by atoms with van der Waals surface area (Å²) in [5.41, 5.74) is 1.73. The van der Waals surface area contributed by atoms with Crippen LogP contribution in [-0.4, -0.2) is 27.5 Å². The van der Waals surface area contributed by atoms with Gasteiger partial charge < -0.3 is 9.42 Å². The maximum absolute atomic E-state index is 12.8. The standard InChI is InChI=1S/C20H18ClN3O2/c21-16-10-5-4-9-15(16)13-18(25)24-12-6-11-17(24)20-22-19(23-26-20)14-7-2-1-3-8-14/h1-5,7-10,17H,6,11-13H2/t17-/m0/s1. The molecule has 6 heteroatoms. The van der Waals surface area contributed by atoms with Crippen LogP contribution in [0.3, 0.4) is 0 Å². The Bertz CT molecular complexity index is 910. The molecule has 0 N–H and O–H groups in total. The lowest BCUT2D eigenvalue weighted by atomic mass is 10.1. The first-order valence-electron chi connectivity index (χ1n) is 8.64. The lowest BCUT2D eigenvalue weighted by Gasteiger charge is -2.22. The van der Waals surface area contributed by atoms with E-state index < -0.39 is 0 Å². The van der Waals surface area contributed by atoms with Crippen LogP contribution in [0.1, 0.15) is 30.3 Å². The van der Waals surface area contributed by atoms with Gasteiger partial charge in [0.15, 0.2) is 0 Å². The van der Waals surface area contributed by atoms with Gasteiger partial charge in [-0.05, 0) is 24.5 Å². The second kappa shape index (κ2) is 7.30. The SMILES string of the molecule is O=C(Cc1ccccc1Cl)N1CCC[C@H]1c1nc(-c2ccccc2)no1. The van der Waals surface area contributed by atoms with Crippen molar-refractivity contribution in [1.29, 1.82) is 0 Å². The van der Waals surface area contributed by atoms with Crippen LogP contribution in [0.2, 0.25) is 5.02 Å². The number of hydrogen-bond donors (Lipinski definition) is 0. The van der Waals surface area contributed by atoms with Crippen LogP contribution in [0, 0.1) is 0 Å². The summed E-state index contributed by atoms with van der Waals surface area (Å²) in [6, 6.07) is 16.9. The van der Waals surface area contributed by atoms with E-state index in [1.165, 1.54) is 0 Å². The predicted molar refractivity (Wildman–Crippen MR) is 98.6 cm³/mol. The number of hydrogen-bond acceptors (Lipinski definition) is 4. The second-order valence-corrected chi connectivity index (χ2v) is 6.74. The molecule has 2 aromatic carbocycles. The Morgan fingerprint density at radius 3 is 2.73 bits per heavy atom. The average Bonchev–Trinajstić information content (AvgIpc) is 3.33. The number of likely N-dealkylation sites (tertiary alicyclic amines) is 1. The molecule has 1 atom stereocenters. The monoisotopic (exact) mass is 367 g/mol. The number of carbonyl (C=O) groups excluding carboxylic acids is 1. The molecule has 1 saturated heterocycles. The first-order valence-corrected chi connectivity index (χ1v) is 9.02. The normalized spacial score (nSPS) is 16.8. The van der Waals surface area contributed by atoms with Crippen LogP contribution >= 0.6 is 11.6 Å². The highest BCUT2D eigenvalue weighted by Gasteiger charge is 2.34. The van der Waals surface area contributed by atoms with Crippen molar-refractivity contribution in [3.8, 4) is 11.4 Å². The van der Waals surface area contributed by atoms with Gasteiger partial charge in [0.2, 0.25) is 17.6 Å². The number of halogens is 1. The molecule has 0 bridgehead atoms. The van der Waals surface area contributed by atoms with Crippen molar-refractivity contribution < 1.29 is 9.32 Å². The van der Waals surface area contributed by atoms with Gasteiger partial charge in [0, 0.05) is 17.1 Å². The summed E-state index contributed by atoms with van der Waals surface area (Å²) in [5, 5.41) is 4.69. The number of nitrogens with zero attached hydrogens (tertiary/aromatic N) is 3. The predicted octanol–water partition coefficient (Wildman–Crippen LogP) is 4.30. The van der Waals surface area contributed by atoms with E-state index in [4.69, 9.17) is 16.1 Å². The molecule has 0 aliphatic carbocycles. The molecule has 2 heterocycles. The van der Waals surface area contributed by atoms with E-state index in [2.05, 4.69) is 10.1 Å². The fourth-order valence-corrected chi connectivity index (χ4v) is 3.51. The number of aromatic nitrogens is 2. The highest BCUT2D eigenvalue weighted by molar-refractivity contribution is 6.31. The van der Waals surface area contributed by atoms with E-state index in [-0.39, 0.29) is 18.4 Å². The Labute approximate surface area is 156 Å². The van der Waals surface area contributed by atoms with E-state index in [1.54, 1.807) is 6.07 Å². The van der Waals surface area contributed by atoms with Crippen molar-refractivity contribution in [2.24, 2.45) is 0 Å². The minimum Gasteiger partial charge on any atom is -0.337 e. The summed E-state index contributed by atoms with van der Waals surface area (Å²) in [5.74, 6) is 1.07. The molecule has 5 nitrogen and oxygen atoms in total. The second-order valence-electron chi connectivity index (χ2n) is 6.34. The number of rotatable bonds is 4. The third-order valence-electron chi connectivity index (χ3n) is 4.63. The van der Waals surface area contributed by atoms with E-state index in [9.17, 15) is 4.79 Å². The summed E-state index contributed by atoms with van der Waals surface area (Å²) >= 11 is 6.19. The quantitative estimate of drug-likeness (QED) is 0.690. The van der Waals surface area contributed by atoms with Crippen LogP contribution in [0.15, 0.2) is 59.1 Å². The largest absolute Gasteiger partial charge is 0.337 e. The minimum absolute atomic E-state index is 0.0278. The third kappa shape index (κ3) is 3.35. The molecule has 0 saturated carbocycles. The van der Waals surface area contributed by atoms with Crippen molar-refractivity contribution in [2.45, 2.75) is 25.3 Å². The third-order valence-corrected chi connectivity index (χ3v) is 5.00. The van der Waals surface area contributed by atoms with Gasteiger partial charge in [-0.15, -0.1) is 0 Å². The maximum Gasteiger partial charge on any atom is 0.249 e. The summed E-state index contributed by atoms with van der Waals surface area (Å²) in [4.78, 5) is 19.2. The number of carbonyl (C=O) groups is 1. The van der Waals surface area contributed by atoms with Crippen LogP contribution in [0.5, 0.6) is 0 Å². The lowest BCUT2D eigenvalue weighted by molar-refractivity contribution is -0.131. The molecule has 1 aromatic heterocycles. The molecule has 26 heavy (non-hydrogen) atoms. The molecular formula is C20H18ClN3O2. The van der Waals surface area contributed by atoms with Gasteiger partial charge in [-0.1, -0.05) is 65.3 Å². The van der Waals surface area contributed by atoms with Gasteiger partial charge >= 0.3 is 0 Å². The van der Waals surface area contributed by atoms with Gasteiger partial charge in [-0.3, -0.25) is 4.79 Å². The molecule has 1 aliphatic rings. The smallest absolute Gasteiger partial charge is 0.249 e. The molecule has 0 unspecified atom stereocenters. The average molecular weight is 368 g/mol. The summed E-state index contributed by atoms with van der Waals surface area (Å²) < 4.78 is 5.48. The zero-order valence-electron chi connectivity index (χ0n) is 14.1. The first-order chi connectivity index (χ1) is 12.7. The lowest BCUT2D eigenvalue weighted by Crippen LogP contribution is -2.32. The minimum atomic E-state index is -0.171. The maximum atomic E-state index is 12.8. The van der Waals surface area contributed by atoms with Gasteiger partial charge in [0.1, 0.15) is 6.04 Å². The Morgan fingerprint density at radius 1 is 1.15 bits per heavy atom. The van der Waals surface area contributed by atoms with Crippen LogP contribution in [0.4, 0.5) is 0 Å². The van der Waals surface area contributed by atoms with E-state index in [1.807, 2.05) is 53.4 Å². The number of amides is 1. The molecule has 1 fully saturated rings. The fraction of sp³-hybridized carbons (Fsp3) is 0.250. The van der Waals surface area contributed by atoms with E-state index >= 15 is 0 Å². The molecule has 0 spiro atoms. The molecule has 1 aliphatic heterocycles. The van der Waals surface area contributed by atoms with E-state index in [0.29, 0.717) is 23.3 Å². The van der Waals surface area contributed by atoms with Crippen molar-refractivity contribution in [3.05, 3.63) is 71.1 Å². The van der Waals surface area contributed by atoms with Crippen molar-refractivity contribution in [2.75, 3.05) is 6.54 Å². The molecule has 0 radical (unpaired) electrons. The zero-order chi connectivity index (χ0) is 17.9. The molecule has 132 valence electrons. The Balaban J connectivity index is 1.53. The Kier molecular flexibility index (Phi) is 4.71. The van der Waals surface area contributed by atoms with Crippen molar-refractivity contribution in [3.63, 3.8) is 0 Å². The Morgan fingerprint density at radius 2 is 1.92 bits per heavy atom. The molecule has 1 amide bonds. The zero-order valence-corrected chi connectivity index (χ0v) is 14.9. The Hall–Kier alpha value is -2.66. The van der Waals surface area contributed by atoms with Gasteiger partial charge in [-0.2, -0.15) is 4.98 Å². The van der Waals surface area contributed by atoms with Crippen molar-refractivity contribution >= 4 is 17.5 Å². The van der Waals surface area contributed by atoms with Gasteiger partial charge in [0.25, 0.3) is 0 Å². The first kappa shape index (κ1) is 16.8. The highest BCUT2D eigenvalue weighted by atomic mass is 35.5. The molecule has 4 rings (SSSR count). The van der Waals surface area contributed by atoms with Gasteiger partial charge in [0.05, 0.1) is 6.42 Å². The summed E-state index contributed by atoms with van der Waals surface area (Å²) in [7, 11) is 0. The highest BCUT2D eigenvalue weighted by Crippen LogP contribution is 2.33. The summed E-state index contributed by atoms with van der Waals surface area (Å²) in [6.45, 7) is 0.691.